The van der Waals surface area contributed by atoms with E-state index < -0.39 is 0 Å². The Morgan fingerprint density at radius 2 is 1.73 bits per heavy atom. The van der Waals surface area contributed by atoms with Crippen LogP contribution in [-0.2, 0) is 0 Å². The molecule has 2 unspecified atom stereocenters. The highest BCUT2D eigenvalue weighted by atomic mass is 14.5. The average molecular weight is 204 g/mol. The van der Waals surface area contributed by atoms with Crippen molar-refractivity contribution in [3.8, 4) is 0 Å². The smallest absolute Gasteiger partial charge is 0.0818 e. The summed E-state index contributed by atoms with van der Waals surface area (Å²) in [6.45, 7) is 4.89. The third-order valence-electron chi connectivity index (χ3n) is 5.52. The van der Waals surface area contributed by atoms with Gasteiger partial charge in [0.2, 0.25) is 0 Å². The Morgan fingerprint density at radius 1 is 1.20 bits per heavy atom. The van der Waals surface area contributed by atoms with Crippen molar-refractivity contribution in [2.24, 2.45) is 17.3 Å². The third-order valence-corrected chi connectivity index (χ3v) is 5.52. The zero-order chi connectivity index (χ0) is 11.1. The van der Waals surface area contributed by atoms with Gasteiger partial charge in [-0.05, 0) is 36.5 Å². The highest BCUT2D eigenvalue weighted by Crippen LogP contribution is 2.58. The van der Waals surface area contributed by atoms with Gasteiger partial charge < -0.3 is 0 Å². The van der Waals surface area contributed by atoms with E-state index in [-0.39, 0.29) is 0 Å². The van der Waals surface area contributed by atoms with Crippen LogP contribution >= 0.6 is 0 Å². The molecule has 0 heterocycles. The van der Waals surface area contributed by atoms with E-state index in [0.717, 1.165) is 11.8 Å². The van der Waals surface area contributed by atoms with Gasteiger partial charge >= 0.3 is 0 Å². The van der Waals surface area contributed by atoms with Gasteiger partial charge in [-0.3, -0.25) is 0 Å². The van der Waals surface area contributed by atoms with E-state index in [1.165, 1.54) is 38.5 Å². The van der Waals surface area contributed by atoms with Crippen LogP contribution in [0.15, 0.2) is 0 Å². The third kappa shape index (κ3) is 2.01. The van der Waals surface area contributed by atoms with Crippen LogP contribution in [0.4, 0.5) is 0 Å². The molecule has 2 bridgehead atoms. The summed E-state index contributed by atoms with van der Waals surface area (Å²) < 4.78 is 0. The highest BCUT2D eigenvalue weighted by molar-refractivity contribution is 6.40. The van der Waals surface area contributed by atoms with E-state index in [0.29, 0.717) is 10.6 Å². The number of fused-ring (bicyclic) bond motifs is 2. The van der Waals surface area contributed by atoms with E-state index >= 15 is 0 Å². The van der Waals surface area contributed by atoms with Crippen LogP contribution in [-0.4, -0.2) is 15.7 Å². The van der Waals surface area contributed by atoms with E-state index in [9.17, 15) is 0 Å². The van der Waals surface area contributed by atoms with Gasteiger partial charge in [-0.1, -0.05) is 44.7 Å². The van der Waals surface area contributed by atoms with Crippen LogP contribution in [0.5, 0.6) is 0 Å². The summed E-state index contributed by atoms with van der Waals surface area (Å²) in [5.74, 6) is 2.13. The monoisotopic (exact) mass is 204 g/mol. The molecule has 2 heteroatoms. The van der Waals surface area contributed by atoms with Crippen LogP contribution in [0.2, 0.25) is 5.21 Å². The molecule has 2 rings (SSSR count). The summed E-state index contributed by atoms with van der Waals surface area (Å²) in [5, 5.41) is 0.510. The summed E-state index contributed by atoms with van der Waals surface area (Å²) in [6, 6.07) is 0. The van der Waals surface area contributed by atoms with Crippen molar-refractivity contribution in [1.82, 2.24) is 0 Å². The van der Waals surface area contributed by atoms with Gasteiger partial charge in [-0.25, -0.2) is 0 Å². The molecule has 0 aromatic rings. The second-order valence-corrected chi connectivity index (χ2v) is 7.19. The van der Waals surface area contributed by atoms with Gasteiger partial charge in [0.15, 0.2) is 0 Å². The summed E-state index contributed by atoms with van der Waals surface area (Å²) in [6.07, 6.45) is 10.5. The molecule has 0 aromatic heterocycles. The maximum Gasteiger partial charge on any atom is 0.0995 e. The summed E-state index contributed by atoms with van der Waals surface area (Å²) in [5.41, 5.74) is 0.654. The quantitative estimate of drug-likeness (QED) is 0.605. The SMILES string of the molecule is BC(B)(C)C1(CC)CC2CCCC(C2)C1. The fourth-order valence-corrected chi connectivity index (χ4v) is 4.39. The molecular formula is C13H26B2. The Bertz CT molecular complexity index is 217. The van der Waals surface area contributed by atoms with Crippen molar-refractivity contribution in [2.75, 3.05) is 0 Å². The summed E-state index contributed by atoms with van der Waals surface area (Å²) >= 11 is 0. The van der Waals surface area contributed by atoms with Gasteiger partial charge in [-0.2, -0.15) is 0 Å². The number of hydrogen-bond acceptors (Lipinski definition) is 0. The molecule has 0 nitrogen and oxygen atoms in total. The standard InChI is InChI=1S/C13H26B2/c1-3-13(12(2,14)15)8-10-5-4-6-11(7-10)9-13/h10-11H,3-9,14-15H2,1-2H3. The minimum atomic E-state index is 0.510. The first-order valence-electron chi connectivity index (χ1n) is 6.97. The molecule has 0 radical (unpaired) electrons. The van der Waals surface area contributed by atoms with Crippen LogP contribution in [0.3, 0.4) is 0 Å². The van der Waals surface area contributed by atoms with E-state index in [2.05, 4.69) is 29.5 Å². The molecule has 2 atom stereocenters. The van der Waals surface area contributed by atoms with Crippen molar-refractivity contribution in [3.05, 3.63) is 0 Å². The topological polar surface area (TPSA) is 0 Å². The normalized spacial score (nSPS) is 41.5. The molecule has 2 fully saturated rings. The Morgan fingerprint density at radius 3 is 2.13 bits per heavy atom. The van der Waals surface area contributed by atoms with Crippen LogP contribution in [0.1, 0.15) is 58.8 Å². The molecule has 2 saturated carbocycles. The van der Waals surface area contributed by atoms with Crippen molar-refractivity contribution in [2.45, 2.75) is 64.0 Å². The van der Waals surface area contributed by atoms with Gasteiger partial charge in [0.1, 0.15) is 0 Å². The lowest BCUT2D eigenvalue weighted by Crippen LogP contribution is -2.43. The molecule has 15 heavy (non-hydrogen) atoms. The molecule has 2 aliphatic carbocycles. The van der Waals surface area contributed by atoms with Gasteiger partial charge in [-0.15, -0.1) is 0 Å². The number of rotatable bonds is 2. The molecule has 0 N–H and O–H groups in total. The lowest BCUT2D eigenvalue weighted by Gasteiger charge is -2.54. The van der Waals surface area contributed by atoms with Crippen molar-refractivity contribution in [3.63, 3.8) is 0 Å². The van der Waals surface area contributed by atoms with E-state index in [4.69, 9.17) is 0 Å². The Balaban J connectivity index is 2.20. The molecule has 84 valence electrons. The lowest BCUT2D eigenvalue weighted by atomic mass is 9.37. The fourth-order valence-electron chi connectivity index (χ4n) is 4.39. The van der Waals surface area contributed by atoms with E-state index in [1.54, 1.807) is 6.42 Å². The molecule has 0 aromatic carbocycles. The Kier molecular flexibility index (Phi) is 2.99. The largest absolute Gasteiger partial charge is 0.0995 e. The van der Waals surface area contributed by atoms with Gasteiger partial charge in [0.25, 0.3) is 0 Å². The van der Waals surface area contributed by atoms with Gasteiger partial charge in [0.05, 0.1) is 15.7 Å². The van der Waals surface area contributed by atoms with E-state index in [1.807, 2.05) is 0 Å². The fraction of sp³-hybridized carbons (Fsp3) is 1.00. The number of hydrogen-bond donors (Lipinski definition) is 0. The van der Waals surface area contributed by atoms with Crippen LogP contribution < -0.4 is 0 Å². The molecule has 0 spiro atoms. The Hall–Kier alpha value is 0.130. The molecule has 0 aliphatic heterocycles. The first-order valence-corrected chi connectivity index (χ1v) is 6.97. The second-order valence-electron chi connectivity index (χ2n) is 7.19. The maximum atomic E-state index is 2.47. The maximum absolute atomic E-state index is 2.47. The predicted octanol–water partition coefficient (Wildman–Crippen LogP) is 2.39. The zero-order valence-electron chi connectivity index (χ0n) is 11.1. The minimum absolute atomic E-state index is 0.510. The zero-order valence-corrected chi connectivity index (χ0v) is 11.1. The van der Waals surface area contributed by atoms with Crippen LogP contribution in [0, 0.1) is 17.3 Å². The molecule has 0 saturated heterocycles. The molecule has 0 amide bonds. The first-order chi connectivity index (χ1) is 6.97. The summed E-state index contributed by atoms with van der Waals surface area (Å²) in [7, 11) is 4.94. The van der Waals surface area contributed by atoms with Crippen molar-refractivity contribution < 1.29 is 0 Å². The molecular weight excluding hydrogens is 178 g/mol. The summed E-state index contributed by atoms with van der Waals surface area (Å²) in [4.78, 5) is 0. The lowest BCUT2D eigenvalue weighted by molar-refractivity contribution is 0.0389. The van der Waals surface area contributed by atoms with Crippen LogP contribution in [0.25, 0.3) is 0 Å². The van der Waals surface area contributed by atoms with Crippen molar-refractivity contribution >= 4 is 15.7 Å². The Labute approximate surface area is 97.4 Å². The van der Waals surface area contributed by atoms with Gasteiger partial charge in [0, 0.05) is 0 Å². The second kappa shape index (κ2) is 3.86. The highest BCUT2D eigenvalue weighted by Gasteiger charge is 2.47. The first kappa shape index (κ1) is 11.6. The van der Waals surface area contributed by atoms with Crippen molar-refractivity contribution in [1.29, 1.82) is 0 Å². The predicted molar refractivity (Wildman–Crippen MR) is 72.9 cm³/mol. The average Bonchev–Trinajstić information content (AvgIpc) is 2.15. The molecule has 2 aliphatic rings. The minimum Gasteiger partial charge on any atom is -0.0818 e.